The van der Waals surface area contributed by atoms with Gasteiger partial charge in [0.1, 0.15) is 17.2 Å². The quantitative estimate of drug-likeness (QED) is 0.707. The number of hydrogen-bond donors (Lipinski definition) is 2. The summed E-state index contributed by atoms with van der Waals surface area (Å²) in [6.07, 6.45) is 0.831. The zero-order valence-corrected chi connectivity index (χ0v) is 15.7. The Morgan fingerprint density at radius 3 is 2.22 bits per heavy atom. The molecule has 7 heteroatoms. The summed E-state index contributed by atoms with van der Waals surface area (Å²) in [5.41, 5.74) is 0.838. The van der Waals surface area contributed by atoms with Crippen LogP contribution in [-0.4, -0.2) is 39.2 Å². The van der Waals surface area contributed by atoms with E-state index in [-0.39, 0.29) is 18.4 Å². The molecule has 0 aliphatic rings. The Hall–Kier alpha value is -3.22. The second-order valence-corrected chi connectivity index (χ2v) is 5.69. The van der Waals surface area contributed by atoms with Gasteiger partial charge in [0.25, 0.3) is 11.8 Å². The lowest BCUT2D eigenvalue weighted by Gasteiger charge is -2.12. The van der Waals surface area contributed by atoms with Crippen molar-refractivity contribution >= 4 is 17.5 Å². The Morgan fingerprint density at radius 1 is 0.963 bits per heavy atom. The number of para-hydroxylation sites is 1. The van der Waals surface area contributed by atoms with Crippen molar-refractivity contribution in [3.8, 4) is 17.2 Å². The molecule has 0 aliphatic carbocycles. The predicted octanol–water partition coefficient (Wildman–Crippen LogP) is 2.86. The Bertz CT molecular complexity index is 769. The summed E-state index contributed by atoms with van der Waals surface area (Å²) in [5, 5.41) is 5.50. The second-order valence-electron chi connectivity index (χ2n) is 5.69. The van der Waals surface area contributed by atoms with Gasteiger partial charge in [-0.2, -0.15) is 0 Å². The van der Waals surface area contributed by atoms with Crippen molar-refractivity contribution in [1.82, 2.24) is 5.32 Å². The van der Waals surface area contributed by atoms with Crippen molar-refractivity contribution in [3.05, 3.63) is 48.0 Å². The van der Waals surface area contributed by atoms with E-state index in [0.717, 1.165) is 6.42 Å². The number of ether oxygens (including phenoxy) is 3. The fraction of sp³-hybridized carbons (Fsp3) is 0.300. The normalized spacial score (nSPS) is 10.0. The number of amides is 2. The lowest BCUT2D eigenvalue weighted by atomic mass is 10.1. The lowest BCUT2D eigenvalue weighted by molar-refractivity contribution is -0.118. The smallest absolute Gasteiger partial charge is 0.262 e. The standard InChI is InChI=1S/C20H24N2O5/c1-4-9-21-20(24)17-7-5-6-8-18(17)22-19(23)13-27-16-11-14(25-2)10-15(12-16)26-3/h5-8,10-12H,4,9,13H2,1-3H3,(H,21,24)(H,22,23). The molecule has 144 valence electrons. The van der Waals surface area contributed by atoms with Crippen LogP contribution in [0.5, 0.6) is 17.2 Å². The van der Waals surface area contributed by atoms with Crippen LogP contribution in [0.25, 0.3) is 0 Å². The molecule has 0 spiro atoms. The number of hydrogen-bond acceptors (Lipinski definition) is 5. The molecule has 0 fully saturated rings. The predicted molar refractivity (Wildman–Crippen MR) is 103 cm³/mol. The van der Waals surface area contributed by atoms with E-state index in [2.05, 4.69) is 10.6 Å². The molecule has 0 bridgehead atoms. The molecular weight excluding hydrogens is 348 g/mol. The maximum atomic E-state index is 12.3. The van der Waals surface area contributed by atoms with Crippen molar-refractivity contribution in [2.75, 3.05) is 32.7 Å². The number of benzene rings is 2. The molecule has 2 aromatic carbocycles. The van der Waals surface area contributed by atoms with Gasteiger partial charge in [-0.05, 0) is 18.6 Å². The van der Waals surface area contributed by atoms with Crippen molar-refractivity contribution < 1.29 is 23.8 Å². The Morgan fingerprint density at radius 2 is 1.59 bits per heavy atom. The number of nitrogens with one attached hydrogen (secondary N) is 2. The van der Waals surface area contributed by atoms with E-state index in [0.29, 0.717) is 35.0 Å². The third-order valence-electron chi connectivity index (χ3n) is 3.68. The summed E-state index contributed by atoms with van der Waals surface area (Å²) >= 11 is 0. The summed E-state index contributed by atoms with van der Waals surface area (Å²) in [5.74, 6) is 0.944. The molecule has 0 saturated carbocycles. The van der Waals surface area contributed by atoms with Crippen molar-refractivity contribution in [1.29, 1.82) is 0 Å². The number of carbonyl (C=O) groups excluding carboxylic acids is 2. The van der Waals surface area contributed by atoms with E-state index < -0.39 is 0 Å². The first-order chi connectivity index (χ1) is 13.1. The molecule has 0 atom stereocenters. The first kappa shape index (κ1) is 20.1. The third-order valence-corrected chi connectivity index (χ3v) is 3.68. The minimum Gasteiger partial charge on any atom is -0.496 e. The van der Waals surface area contributed by atoms with Gasteiger partial charge in [-0.25, -0.2) is 0 Å². The van der Waals surface area contributed by atoms with E-state index >= 15 is 0 Å². The fourth-order valence-corrected chi connectivity index (χ4v) is 2.32. The summed E-state index contributed by atoms with van der Waals surface area (Å²) in [7, 11) is 3.07. The van der Waals surface area contributed by atoms with E-state index in [1.807, 2.05) is 6.92 Å². The molecule has 0 radical (unpaired) electrons. The highest BCUT2D eigenvalue weighted by Crippen LogP contribution is 2.27. The Balaban J connectivity index is 2.01. The highest BCUT2D eigenvalue weighted by atomic mass is 16.5. The summed E-state index contributed by atoms with van der Waals surface area (Å²) in [6, 6.07) is 11.8. The number of carbonyl (C=O) groups is 2. The van der Waals surface area contributed by atoms with Crippen LogP contribution in [0.4, 0.5) is 5.69 Å². The van der Waals surface area contributed by atoms with Gasteiger partial charge in [-0.1, -0.05) is 19.1 Å². The van der Waals surface area contributed by atoms with Crippen molar-refractivity contribution in [2.45, 2.75) is 13.3 Å². The van der Waals surface area contributed by atoms with Gasteiger partial charge < -0.3 is 24.8 Å². The first-order valence-corrected chi connectivity index (χ1v) is 8.60. The first-order valence-electron chi connectivity index (χ1n) is 8.60. The van der Waals surface area contributed by atoms with Gasteiger partial charge in [0.15, 0.2) is 6.61 Å². The van der Waals surface area contributed by atoms with Crippen LogP contribution in [-0.2, 0) is 4.79 Å². The topological polar surface area (TPSA) is 85.9 Å². The zero-order chi connectivity index (χ0) is 19.6. The number of anilines is 1. The minimum absolute atomic E-state index is 0.221. The monoisotopic (exact) mass is 372 g/mol. The highest BCUT2D eigenvalue weighted by molar-refractivity contribution is 6.04. The van der Waals surface area contributed by atoms with E-state index in [4.69, 9.17) is 14.2 Å². The molecule has 7 nitrogen and oxygen atoms in total. The van der Waals surface area contributed by atoms with Gasteiger partial charge in [0, 0.05) is 24.7 Å². The lowest BCUT2D eigenvalue weighted by Crippen LogP contribution is -2.27. The molecule has 2 amide bonds. The van der Waals surface area contributed by atoms with Gasteiger partial charge in [0.05, 0.1) is 25.5 Å². The van der Waals surface area contributed by atoms with E-state index in [1.165, 1.54) is 14.2 Å². The van der Waals surface area contributed by atoms with Gasteiger partial charge >= 0.3 is 0 Å². The minimum atomic E-state index is -0.382. The van der Waals surface area contributed by atoms with Crippen LogP contribution >= 0.6 is 0 Å². The van der Waals surface area contributed by atoms with E-state index in [1.54, 1.807) is 42.5 Å². The number of methoxy groups -OCH3 is 2. The molecule has 0 saturated heterocycles. The van der Waals surface area contributed by atoms with E-state index in [9.17, 15) is 9.59 Å². The molecular formula is C20H24N2O5. The molecule has 2 rings (SSSR count). The molecule has 0 heterocycles. The van der Waals surface area contributed by atoms with Gasteiger partial charge in [-0.3, -0.25) is 9.59 Å². The molecule has 27 heavy (non-hydrogen) atoms. The van der Waals surface area contributed by atoms with Gasteiger partial charge in [-0.15, -0.1) is 0 Å². The van der Waals surface area contributed by atoms with Crippen LogP contribution in [0.3, 0.4) is 0 Å². The van der Waals surface area contributed by atoms with Crippen molar-refractivity contribution in [2.24, 2.45) is 0 Å². The molecule has 2 aromatic rings. The zero-order valence-electron chi connectivity index (χ0n) is 15.7. The Kier molecular flexibility index (Phi) is 7.49. The maximum Gasteiger partial charge on any atom is 0.262 e. The van der Waals surface area contributed by atoms with Gasteiger partial charge in [0.2, 0.25) is 0 Å². The molecule has 0 aromatic heterocycles. The SMILES string of the molecule is CCCNC(=O)c1ccccc1NC(=O)COc1cc(OC)cc(OC)c1. The van der Waals surface area contributed by atoms with Crippen LogP contribution in [0, 0.1) is 0 Å². The number of rotatable bonds is 9. The average Bonchev–Trinajstić information content (AvgIpc) is 2.70. The van der Waals surface area contributed by atoms with Crippen LogP contribution in [0.2, 0.25) is 0 Å². The average molecular weight is 372 g/mol. The van der Waals surface area contributed by atoms with Crippen LogP contribution < -0.4 is 24.8 Å². The fourth-order valence-electron chi connectivity index (χ4n) is 2.32. The third kappa shape index (κ3) is 5.91. The summed E-state index contributed by atoms with van der Waals surface area (Å²) in [4.78, 5) is 24.5. The molecule has 0 unspecified atom stereocenters. The summed E-state index contributed by atoms with van der Waals surface area (Å²) < 4.78 is 15.9. The molecule has 2 N–H and O–H groups in total. The van der Waals surface area contributed by atoms with Crippen LogP contribution in [0.1, 0.15) is 23.7 Å². The largest absolute Gasteiger partial charge is 0.496 e. The Labute approximate surface area is 158 Å². The highest BCUT2D eigenvalue weighted by Gasteiger charge is 2.13. The molecule has 0 aliphatic heterocycles. The van der Waals surface area contributed by atoms with Crippen LogP contribution in [0.15, 0.2) is 42.5 Å². The second kappa shape index (κ2) is 10.1. The summed E-state index contributed by atoms with van der Waals surface area (Å²) in [6.45, 7) is 2.32. The van der Waals surface area contributed by atoms with Crippen molar-refractivity contribution in [3.63, 3.8) is 0 Å². The maximum absolute atomic E-state index is 12.3.